The van der Waals surface area contributed by atoms with Gasteiger partial charge < -0.3 is 15.1 Å². The van der Waals surface area contributed by atoms with Gasteiger partial charge in [-0.25, -0.2) is 4.39 Å². The number of anilines is 1. The van der Waals surface area contributed by atoms with Gasteiger partial charge in [-0.3, -0.25) is 4.72 Å². The molecule has 0 amide bonds. The van der Waals surface area contributed by atoms with Crippen molar-refractivity contribution in [3.8, 4) is 11.8 Å². The summed E-state index contributed by atoms with van der Waals surface area (Å²) >= 11 is 0. The second-order valence-electron chi connectivity index (χ2n) is 7.63. The molecule has 4 rings (SSSR count). The van der Waals surface area contributed by atoms with Crippen molar-refractivity contribution >= 4 is 15.9 Å². The molecule has 170 valence electrons. The smallest absolute Gasteiger partial charge is 0.301 e. The van der Waals surface area contributed by atoms with Crippen molar-refractivity contribution < 1.29 is 27.9 Å². The van der Waals surface area contributed by atoms with Crippen molar-refractivity contribution in [3.63, 3.8) is 0 Å². The molecule has 0 aliphatic carbocycles. The number of halogens is 1. The van der Waals surface area contributed by atoms with Crippen LogP contribution in [0.3, 0.4) is 0 Å². The van der Waals surface area contributed by atoms with Crippen molar-refractivity contribution in [2.24, 2.45) is 0 Å². The lowest BCUT2D eigenvalue weighted by Gasteiger charge is -2.31. The van der Waals surface area contributed by atoms with Gasteiger partial charge in [0.1, 0.15) is 18.1 Å². The van der Waals surface area contributed by atoms with Crippen LogP contribution in [0.2, 0.25) is 0 Å². The second-order valence-corrected chi connectivity index (χ2v) is 9.30. The molecule has 32 heavy (non-hydrogen) atoms. The Hall–Kier alpha value is -3.24. The standard InChI is InChI=1S/C22H24FN3O5S/c23-19-8-6-17(7-9-19)18-10-12-25(13-11-18)32(29,30)24-20-14-21(27)26(22(20)28)31-15-16-4-2-1-3-5-16/h1-9,14,18,24,27-28H,10-13,15H2. The van der Waals surface area contributed by atoms with Gasteiger partial charge in [0.25, 0.3) is 5.88 Å². The van der Waals surface area contributed by atoms with Crippen LogP contribution >= 0.6 is 0 Å². The number of aromatic nitrogens is 1. The van der Waals surface area contributed by atoms with Gasteiger partial charge >= 0.3 is 10.2 Å². The molecular weight excluding hydrogens is 437 g/mol. The van der Waals surface area contributed by atoms with Crippen molar-refractivity contribution in [3.05, 3.63) is 77.6 Å². The first-order valence-corrected chi connectivity index (χ1v) is 11.6. The van der Waals surface area contributed by atoms with E-state index >= 15 is 0 Å². The highest BCUT2D eigenvalue weighted by atomic mass is 32.2. The molecule has 0 radical (unpaired) electrons. The number of hydrogen-bond donors (Lipinski definition) is 3. The van der Waals surface area contributed by atoms with Crippen LogP contribution < -0.4 is 9.56 Å². The van der Waals surface area contributed by atoms with Gasteiger partial charge in [0.15, 0.2) is 0 Å². The van der Waals surface area contributed by atoms with Gasteiger partial charge in [0.2, 0.25) is 5.88 Å². The first kappa shape index (κ1) is 22.0. The highest BCUT2D eigenvalue weighted by Crippen LogP contribution is 2.34. The molecule has 0 spiro atoms. The van der Waals surface area contributed by atoms with E-state index < -0.39 is 22.0 Å². The van der Waals surface area contributed by atoms with Crippen LogP contribution in [0.5, 0.6) is 11.8 Å². The van der Waals surface area contributed by atoms with E-state index in [9.17, 15) is 23.0 Å². The zero-order valence-corrected chi connectivity index (χ0v) is 18.0. The van der Waals surface area contributed by atoms with E-state index in [-0.39, 0.29) is 37.1 Å². The monoisotopic (exact) mass is 461 g/mol. The summed E-state index contributed by atoms with van der Waals surface area (Å²) in [6.45, 7) is 0.615. The maximum Gasteiger partial charge on any atom is 0.301 e. The summed E-state index contributed by atoms with van der Waals surface area (Å²) in [4.78, 5) is 5.41. The third-order valence-electron chi connectivity index (χ3n) is 5.49. The summed E-state index contributed by atoms with van der Waals surface area (Å²) in [6.07, 6.45) is 1.18. The average Bonchev–Trinajstić information content (AvgIpc) is 3.05. The molecular formula is C22H24FN3O5S. The van der Waals surface area contributed by atoms with Crippen LogP contribution in [-0.2, 0) is 16.8 Å². The Kier molecular flexibility index (Phi) is 6.24. The SMILES string of the molecule is O=S(=O)(Nc1cc(O)n(OCc2ccccc2)c1O)N1CCC(c2ccc(F)cc2)CC1. The number of benzene rings is 2. The number of nitrogens with zero attached hydrogens (tertiary/aromatic N) is 2. The lowest BCUT2D eigenvalue weighted by molar-refractivity contribution is 0.0647. The molecule has 1 fully saturated rings. The van der Waals surface area contributed by atoms with E-state index in [4.69, 9.17) is 4.84 Å². The molecule has 8 nitrogen and oxygen atoms in total. The fraction of sp³-hybridized carbons (Fsp3) is 0.273. The number of hydrogen-bond acceptors (Lipinski definition) is 5. The molecule has 0 atom stereocenters. The number of nitrogens with one attached hydrogen (secondary N) is 1. The first-order valence-electron chi connectivity index (χ1n) is 10.2. The molecule has 2 heterocycles. The molecule has 1 aromatic heterocycles. The normalized spacial score (nSPS) is 15.5. The van der Waals surface area contributed by atoms with E-state index in [2.05, 4.69) is 4.72 Å². The molecule has 0 saturated carbocycles. The Morgan fingerprint density at radius 3 is 2.34 bits per heavy atom. The van der Waals surface area contributed by atoms with Crippen molar-refractivity contribution in [1.29, 1.82) is 0 Å². The highest BCUT2D eigenvalue weighted by molar-refractivity contribution is 7.90. The van der Waals surface area contributed by atoms with Crippen LogP contribution in [0.4, 0.5) is 10.1 Å². The third kappa shape index (κ3) is 4.81. The van der Waals surface area contributed by atoms with Gasteiger partial charge in [-0.15, -0.1) is 4.73 Å². The number of aromatic hydroxyl groups is 2. The molecule has 0 bridgehead atoms. The molecule has 3 N–H and O–H groups in total. The van der Waals surface area contributed by atoms with Gasteiger partial charge in [0, 0.05) is 19.2 Å². The van der Waals surface area contributed by atoms with Crippen LogP contribution in [0.15, 0.2) is 60.7 Å². The lowest BCUT2D eigenvalue weighted by atomic mass is 9.90. The highest BCUT2D eigenvalue weighted by Gasteiger charge is 2.30. The van der Waals surface area contributed by atoms with Crippen molar-refractivity contribution in [1.82, 2.24) is 9.04 Å². The molecule has 0 unspecified atom stereocenters. The van der Waals surface area contributed by atoms with Crippen LogP contribution in [0, 0.1) is 5.82 Å². The van der Waals surface area contributed by atoms with Gasteiger partial charge in [-0.05, 0) is 42.0 Å². The summed E-state index contributed by atoms with van der Waals surface area (Å²) in [5, 5.41) is 20.4. The number of rotatable bonds is 7. The maximum absolute atomic E-state index is 13.1. The molecule has 1 saturated heterocycles. The van der Waals surface area contributed by atoms with Gasteiger partial charge in [-0.1, -0.05) is 42.5 Å². The molecule has 1 aliphatic heterocycles. The number of piperidine rings is 1. The zero-order chi connectivity index (χ0) is 22.7. The summed E-state index contributed by atoms with van der Waals surface area (Å²) < 4.78 is 43.1. The predicted molar refractivity (Wildman–Crippen MR) is 117 cm³/mol. The summed E-state index contributed by atoms with van der Waals surface area (Å²) in [5.41, 5.74) is 1.61. The minimum Gasteiger partial charge on any atom is -0.492 e. The predicted octanol–water partition coefficient (Wildman–Crippen LogP) is 3.20. The van der Waals surface area contributed by atoms with Gasteiger partial charge in [0.05, 0.1) is 0 Å². The fourth-order valence-corrected chi connectivity index (χ4v) is 5.00. The maximum atomic E-state index is 13.1. The Bertz CT molecular complexity index is 1160. The Labute approximate surface area is 185 Å². The zero-order valence-electron chi connectivity index (χ0n) is 17.2. The molecule has 10 heteroatoms. The average molecular weight is 462 g/mol. The Morgan fingerprint density at radius 1 is 1.03 bits per heavy atom. The van der Waals surface area contributed by atoms with Crippen LogP contribution in [0.1, 0.15) is 29.9 Å². The van der Waals surface area contributed by atoms with E-state index in [0.717, 1.165) is 21.9 Å². The third-order valence-corrected chi connectivity index (χ3v) is 7.01. The fourth-order valence-electron chi connectivity index (χ4n) is 3.75. The van der Waals surface area contributed by atoms with Crippen LogP contribution in [0.25, 0.3) is 0 Å². The molecule has 2 aromatic carbocycles. The summed E-state index contributed by atoms with van der Waals surface area (Å²) in [6, 6.07) is 16.5. The summed E-state index contributed by atoms with van der Waals surface area (Å²) in [7, 11) is -3.96. The first-order chi connectivity index (χ1) is 15.3. The van der Waals surface area contributed by atoms with Gasteiger partial charge in [-0.2, -0.15) is 12.7 Å². The minimum atomic E-state index is -3.96. The molecule has 3 aromatic rings. The largest absolute Gasteiger partial charge is 0.492 e. The lowest BCUT2D eigenvalue weighted by Crippen LogP contribution is -2.41. The quantitative estimate of drug-likeness (QED) is 0.501. The Morgan fingerprint density at radius 2 is 1.69 bits per heavy atom. The Balaban J connectivity index is 1.39. The van der Waals surface area contributed by atoms with Crippen molar-refractivity contribution in [2.45, 2.75) is 25.4 Å². The minimum absolute atomic E-state index is 0.0692. The summed E-state index contributed by atoms with van der Waals surface area (Å²) in [5.74, 6) is -1.15. The van der Waals surface area contributed by atoms with E-state index in [0.29, 0.717) is 12.8 Å². The van der Waals surface area contributed by atoms with E-state index in [1.165, 1.54) is 16.4 Å². The second kappa shape index (κ2) is 9.09. The van der Waals surface area contributed by atoms with E-state index in [1.54, 1.807) is 12.1 Å². The molecule has 1 aliphatic rings. The van der Waals surface area contributed by atoms with Crippen molar-refractivity contribution in [2.75, 3.05) is 17.8 Å². The van der Waals surface area contributed by atoms with E-state index in [1.807, 2.05) is 30.3 Å². The van der Waals surface area contributed by atoms with Crippen LogP contribution in [-0.4, -0.2) is 40.8 Å². The topological polar surface area (TPSA) is 104 Å².